The molecule has 0 saturated carbocycles. The van der Waals surface area contributed by atoms with Crippen molar-refractivity contribution in [3.8, 4) is 0 Å². The summed E-state index contributed by atoms with van der Waals surface area (Å²) in [5, 5.41) is 13.6. The van der Waals surface area contributed by atoms with Crippen molar-refractivity contribution in [1.29, 1.82) is 0 Å². The number of hydrogen-bond acceptors (Lipinski definition) is 7. The number of piperazine rings is 1. The number of aromatic nitrogens is 2. The summed E-state index contributed by atoms with van der Waals surface area (Å²) in [6, 6.07) is 18.2. The molecule has 0 unspecified atom stereocenters. The van der Waals surface area contributed by atoms with E-state index in [9.17, 15) is 19.7 Å². The van der Waals surface area contributed by atoms with Crippen LogP contribution in [0.2, 0.25) is 0 Å². The summed E-state index contributed by atoms with van der Waals surface area (Å²) in [6.07, 6.45) is 2.84. The number of thiazole rings is 1. The first-order chi connectivity index (χ1) is 20.3. The molecule has 3 heterocycles. The fraction of sp³-hybridized carbons (Fsp3) is 0.323. The van der Waals surface area contributed by atoms with E-state index >= 15 is 0 Å². The summed E-state index contributed by atoms with van der Waals surface area (Å²) >= 11 is 1.46. The molecular weight excluding hydrogens is 552 g/mol. The molecule has 1 saturated heterocycles. The highest BCUT2D eigenvalue weighted by Gasteiger charge is 2.25. The second kappa shape index (κ2) is 13.0. The SMILES string of the molecule is CCCN(Cc1cccn1Cc1nc(C(=O)N2CCN(c3ccc([N+](=O)[O-])cc3)CC2)cs1)C(=O)c1ccccc1C. The molecule has 10 nitrogen and oxygen atoms in total. The highest BCUT2D eigenvalue weighted by molar-refractivity contribution is 7.09. The quantitative estimate of drug-likeness (QED) is 0.186. The zero-order valence-corrected chi connectivity index (χ0v) is 24.6. The predicted molar refractivity (Wildman–Crippen MR) is 163 cm³/mol. The number of carbonyl (C=O) groups is 2. The second-order valence-corrected chi connectivity index (χ2v) is 11.3. The van der Waals surface area contributed by atoms with Crippen molar-refractivity contribution in [1.82, 2.24) is 19.4 Å². The van der Waals surface area contributed by atoms with E-state index in [-0.39, 0.29) is 17.5 Å². The Balaban J connectivity index is 1.20. The minimum absolute atomic E-state index is 0.0264. The van der Waals surface area contributed by atoms with Crippen LogP contribution in [0.3, 0.4) is 0 Å². The lowest BCUT2D eigenvalue weighted by Gasteiger charge is -2.35. The van der Waals surface area contributed by atoms with Gasteiger partial charge >= 0.3 is 0 Å². The zero-order chi connectivity index (χ0) is 29.6. The van der Waals surface area contributed by atoms with Crippen LogP contribution < -0.4 is 4.90 Å². The van der Waals surface area contributed by atoms with E-state index in [2.05, 4.69) is 21.4 Å². The number of nitro benzene ring substituents is 1. The largest absolute Gasteiger partial charge is 0.368 e. The molecule has 0 aliphatic carbocycles. The van der Waals surface area contributed by atoms with Crippen molar-refractivity contribution in [2.45, 2.75) is 33.4 Å². The lowest BCUT2D eigenvalue weighted by molar-refractivity contribution is -0.384. The van der Waals surface area contributed by atoms with Crippen LogP contribution in [0.1, 0.15) is 50.5 Å². The first kappa shape index (κ1) is 29.0. The van der Waals surface area contributed by atoms with Crippen LogP contribution in [0.25, 0.3) is 0 Å². The van der Waals surface area contributed by atoms with Crippen molar-refractivity contribution >= 4 is 34.5 Å². The number of anilines is 1. The van der Waals surface area contributed by atoms with Gasteiger partial charge in [0, 0.05) is 73.4 Å². The monoisotopic (exact) mass is 586 g/mol. The van der Waals surface area contributed by atoms with Crippen molar-refractivity contribution in [2.75, 3.05) is 37.6 Å². The molecule has 1 aliphatic heterocycles. The van der Waals surface area contributed by atoms with Gasteiger partial charge < -0.3 is 19.3 Å². The number of carbonyl (C=O) groups excluding carboxylic acids is 2. The number of rotatable bonds is 10. The molecule has 4 aromatic rings. The molecule has 1 aliphatic rings. The smallest absolute Gasteiger partial charge is 0.273 e. The summed E-state index contributed by atoms with van der Waals surface area (Å²) in [5.41, 5.74) is 4.11. The molecule has 0 radical (unpaired) electrons. The second-order valence-electron chi connectivity index (χ2n) is 10.3. The van der Waals surface area contributed by atoms with Gasteiger partial charge in [-0.25, -0.2) is 4.98 Å². The lowest BCUT2D eigenvalue weighted by atomic mass is 10.1. The predicted octanol–water partition coefficient (Wildman–Crippen LogP) is 5.22. The minimum Gasteiger partial charge on any atom is -0.368 e. The molecular formula is C31H34N6O4S. The van der Waals surface area contributed by atoms with Gasteiger partial charge in [0.1, 0.15) is 10.7 Å². The van der Waals surface area contributed by atoms with E-state index in [4.69, 9.17) is 0 Å². The average Bonchev–Trinajstić information content (AvgIpc) is 3.66. The number of non-ortho nitro benzene ring substituents is 1. The third-order valence-corrected chi connectivity index (χ3v) is 8.34. The van der Waals surface area contributed by atoms with Gasteiger partial charge in [-0.3, -0.25) is 19.7 Å². The van der Waals surface area contributed by atoms with Crippen LogP contribution in [0.15, 0.2) is 72.2 Å². The standard InChI is InChI=1S/C31H34N6O4S/c1-3-14-36(30(38)27-9-5-4-7-23(27)2)20-26-8-6-15-35(26)21-29-32-28(22-42-29)31(39)34-18-16-33(17-19-34)24-10-12-25(13-11-24)37(40)41/h4-13,15,22H,3,14,16-21H2,1-2H3. The molecule has 2 amide bonds. The Labute approximate surface area is 249 Å². The number of nitrogens with zero attached hydrogens (tertiary/aromatic N) is 6. The maximum absolute atomic E-state index is 13.4. The highest BCUT2D eigenvalue weighted by Crippen LogP contribution is 2.22. The molecule has 2 aromatic heterocycles. The molecule has 1 fully saturated rings. The van der Waals surface area contributed by atoms with Crippen LogP contribution in [0.5, 0.6) is 0 Å². The molecule has 42 heavy (non-hydrogen) atoms. The normalized spacial score (nSPS) is 13.3. The maximum Gasteiger partial charge on any atom is 0.273 e. The van der Waals surface area contributed by atoms with Crippen LogP contribution >= 0.6 is 11.3 Å². The first-order valence-corrected chi connectivity index (χ1v) is 14.9. The molecule has 0 N–H and O–H groups in total. The van der Waals surface area contributed by atoms with E-state index < -0.39 is 4.92 Å². The van der Waals surface area contributed by atoms with Crippen LogP contribution in [0.4, 0.5) is 11.4 Å². The third-order valence-electron chi connectivity index (χ3n) is 7.50. The minimum atomic E-state index is -0.408. The van der Waals surface area contributed by atoms with Crippen molar-refractivity contribution in [2.24, 2.45) is 0 Å². The highest BCUT2D eigenvalue weighted by atomic mass is 32.1. The topological polar surface area (TPSA) is 105 Å². The Morgan fingerprint density at radius 2 is 1.76 bits per heavy atom. The Morgan fingerprint density at radius 3 is 2.45 bits per heavy atom. The first-order valence-electron chi connectivity index (χ1n) is 14.1. The van der Waals surface area contributed by atoms with Gasteiger partial charge in [0.25, 0.3) is 17.5 Å². The van der Waals surface area contributed by atoms with Gasteiger partial charge in [0.15, 0.2) is 0 Å². The van der Waals surface area contributed by atoms with Gasteiger partial charge in [-0.2, -0.15) is 0 Å². The molecule has 2 aromatic carbocycles. The van der Waals surface area contributed by atoms with E-state index in [0.29, 0.717) is 51.5 Å². The van der Waals surface area contributed by atoms with Crippen LogP contribution in [0, 0.1) is 17.0 Å². The van der Waals surface area contributed by atoms with Gasteiger partial charge in [-0.15, -0.1) is 11.3 Å². The summed E-state index contributed by atoms with van der Waals surface area (Å²) in [7, 11) is 0. The Morgan fingerprint density at radius 1 is 1.02 bits per heavy atom. The molecule has 11 heteroatoms. The van der Waals surface area contributed by atoms with E-state index in [1.807, 2.05) is 64.7 Å². The summed E-state index contributed by atoms with van der Waals surface area (Å²) < 4.78 is 2.09. The molecule has 218 valence electrons. The van der Waals surface area contributed by atoms with Gasteiger partial charge in [-0.05, 0) is 49.2 Å². The summed E-state index contributed by atoms with van der Waals surface area (Å²) in [6.45, 7) is 8.08. The Hall–Kier alpha value is -4.51. The summed E-state index contributed by atoms with van der Waals surface area (Å²) in [5.74, 6) is -0.0648. The van der Waals surface area contributed by atoms with Crippen LogP contribution in [-0.2, 0) is 13.1 Å². The third kappa shape index (κ3) is 6.52. The molecule has 5 rings (SSSR count). The lowest BCUT2D eigenvalue weighted by Crippen LogP contribution is -2.48. The Bertz CT molecular complexity index is 1560. The van der Waals surface area contributed by atoms with Gasteiger partial charge in [0.05, 0.1) is 18.0 Å². The molecule has 0 spiro atoms. The van der Waals surface area contributed by atoms with Crippen molar-refractivity contribution < 1.29 is 14.5 Å². The fourth-order valence-electron chi connectivity index (χ4n) is 5.19. The average molecular weight is 587 g/mol. The van der Waals surface area contributed by atoms with Crippen molar-refractivity contribution in [3.63, 3.8) is 0 Å². The summed E-state index contributed by atoms with van der Waals surface area (Å²) in [4.78, 5) is 47.6. The van der Waals surface area contributed by atoms with E-state index in [1.54, 1.807) is 12.1 Å². The van der Waals surface area contributed by atoms with Gasteiger partial charge in [0.2, 0.25) is 0 Å². The molecule has 0 bridgehead atoms. The number of nitro groups is 1. The molecule has 0 atom stereocenters. The van der Waals surface area contributed by atoms with Gasteiger partial charge in [-0.1, -0.05) is 25.1 Å². The zero-order valence-electron chi connectivity index (χ0n) is 23.8. The number of hydrogen-bond donors (Lipinski definition) is 0. The van der Waals surface area contributed by atoms with E-state index in [1.165, 1.54) is 23.5 Å². The maximum atomic E-state index is 13.4. The number of benzene rings is 2. The Kier molecular flexibility index (Phi) is 8.97. The van der Waals surface area contributed by atoms with Crippen molar-refractivity contribution in [3.05, 3.63) is 110 Å². The van der Waals surface area contributed by atoms with E-state index in [0.717, 1.165) is 33.9 Å². The fourth-order valence-corrected chi connectivity index (χ4v) is 5.96. The number of amides is 2. The van der Waals surface area contributed by atoms with Crippen LogP contribution in [-0.4, -0.2) is 68.8 Å². The number of aryl methyl sites for hydroxylation is 1.